The van der Waals surface area contributed by atoms with Crippen LogP contribution in [0.4, 0.5) is 0 Å². The average molecular weight is 128 g/mol. The van der Waals surface area contributed by atoms with Gasteiger partial charge in [0, 0.05) is 21.1 Å². The minimum Gasteiger partial charge on any atom is -0.374 e. The molecule has 0 saturated heterocycles. The lowest BCUT2D eigenvalue weighted by Gasteiger charge is -2.12. The number of rotatable bonds is 2. The summed E-state index contributed by atoms with van der Waals surface area (Å²) >= 11 is 0. The minimum atomic E-state index is -0.139. The first kappa shape index (κ1) is 8.01. The molecule has 0 rings (SSSR count). The molecular weight excluding hydrogens is 116 g/mol. The lowest BCUT2D eigenvalue weighted by molar-refractivity contribution is -0.118. The molecule has 0 atom stereocenters. The Balaban J connectivity index is 3.89. The lowest BCUT2D eigenvalue weighted by Crippen LogP contribution is -2.27. The number of hydrogen-bond donors (Lipinski definition) is 1. The summed E-state index contributed by atoms with van der Waals surface area (Å²) in [5.41, 5.74) is 0.470. The number of likely N-dealkylation sites (N-methyl/N-ethyl adjacent to an activating group) is 2. The van der Waals surface area contributed by atoms with Gasteiger partial charge < -0.3 is 10.2 Å². The molecule has 1 N–H and O–H groups in total. The van der Waals surface area contributed by atoms with Crippen molar-refractivity contribution in [3.05, 3.63) is 12.3 Å². The van der Waals surface area contributed by atoms with Crippen molar-refractivity contribution in [1.29, 1.82) is 0 Å². The van der Waals surface area contributed by atoms with Crippen LogP contribution in [0.25, 0.3) is 0 Å². The van der Waals surface area contributed by atoms with E-state index >= 15 is 0 Å². The molecule has 0 spiro atoms. The first-order valence-electron chi connectivity index (χ1n) is 2.68. The van der Waals surface area contributed by atoms with Gasteiger partial charge in [-0.1, -0.05) is 6.58 Å². The summed E-state index contributed by atoms with van der Waals surface area (Å²) in [7, 11) is 5.13. The maximum Gasteiger partial charge on any atom is 0.266 e. The van der Waals surface area contributed by atoms with Crippen LogP contribution in [0.2, 0.25) is 0 Å². The predicted octanol–water partition coefficient (Wildman–Crippen LogP) is -0.192. The zero-order valence-corrected chi connectivity index (χ0v) is 6.06. The van der Waals surface area contributed by atoms with Gasteiger partial charge in [0.15, 0.2) is 0 Å². The van der Waals surface area contributed by atoms with Crippen LogP contribution in [0.3, 0.4) is 0 Å². The molecule has 1 amide bonds. The molecule has 0 aromatic rings. The van der Waals surface area contributed by atoms with Gasteiger partial charge in [-0.3, -0.25) is 4.79 Å². The third-order valence-electron chi connectivity index (χ3n) is 1.03. The number of amides is 1. The summed E-state index contributed by atoms with van der Waals surface area (Å²) in [5.74, 6) is -0.139. The van der Waals surface area contributed by atoms with Gasteiger partial charge in [0.05, 0.1) is 5.70 Å². The first-order valence-corrected chi connectivity index (χ1v) is 2.68. The van der Waals surface area contributed by atoms with E-state index in [0.29, 0.717) is 5.70 Å². The van der Waals surface area contributed by atoms with E-state index in [2.05, 4.69) is 11.9 Å². The molecular formula is C6H12N2O. The van der Waals surface area contributed by atoms with E-state index in [-0.39, 0.29) is 5.91 Å². The minimum absolute atomic E-state index is 0.139. The highest BCUT2D eigenvalue weighted by Gasteiger charge is 2.03. The van der Waals surface area contributed by atoms with Crippen LogP contribution in [0.5, 0.6) is 0 Å². The highest BCUT2D eigenvalue weighted by molar-refractivity contribution is 5.91. The Bertz CT molecular complexity index is 129. The summed E-state index contributed by atoms with van der Waals surface area (Å²) in [6.07, 6.45) is 0. The molecule has 0 radical (unpaired) electrons. The first-order chi connectivity index (χ1) is 4.09. The van der Waals surface area contributed by atoms with Crippen molar-refractivity contribution >= 4 is 5.91 Å². The van der Waals surface area contributed by atoms with Crippen LogP contribution < -0.4 is 5.32 Å². The second-order valence-corrected chi connectivity index (χ2v) is 1.92. The monoisotopic (exact) mass is 128 g/mol. The SMILES string of the molecule is C=C(C(=O)NC)N(C)C. The summed E-state index contributed by atoms with van der Waals surface area (Å²) in [6, 6.07) is 0. The van der Waals surface area contributed by atoms with E-state index in [9.17, 15) is 4.79 Å². The molecule has 0 aliphatic carbocycles. The Labute approximate surface area is 55.3 Å². The number of nitrogens with zero attached hydrogens (tertiary/aromatic N) is 1. The predicted molar refractivity (Wildman–Crippen MR) is 36.9 cm³/mol. The van der Waals surface area contributed by atoms with Crippen LogP contribution in [0, 0.1) is 0 Å². The summed E-state index contributed by atoms with van der Waals surface area (Å²) in [6.45, 7) is 3.54. The van der Waals surface area contributed by atoms with Crippen LogP contribution in [0.1, 0.15) is 0 Å². The molecule has 9 heavy (non-hydrogen) atoms. The molecule has 0 aliphatic heterocycles. The third-order valence-corrected chi connectivity index (χ3v) is 1.03. The van der Waals surface area contributed by atoms with Crippen LogP contribution in [0.15, 0.2) is 12.3 Å². The van der Waals surface area contributed by atoms with E-state index in [4.69, 9.17) is 0 Å². The smallest absolute Gasteiger partial charge is 0.266 e. The van der Waals surface area contributed by atoms with Crippen molar-refractivity contribution in [3.63, 3.8) is 0 Å². The highest BCUT2D eigenvalue weighted by Crippen LogP contribution is 1.91. The second kappa shape index (κ2) is 3.12. The fourth-order valence-corrected chi connectivity index (χ4v) is 0.347. The van der Waals surface area contributed by atoms with E-state index < -0.39 is 0 Å². The Morgan fingerprint density at radius 3 is 2.11 bits per heavy atom. The van der Waals surface area contributed by atoms with Crippen molar-refractivity contribution < 1.29 is 4.79 Å². The van der Waals surface area contributed by atoms with E-state index in [1.165, 1.54) is 0 Å². The standard InChI is InChI=1S/C6H12N2O/c1-5(8(3)4)6(9)7-2/h1H2,2-4H3,(H,7,9). The van der Waals surface area contributed by atoms with Crippen molar-refractivity contribution in [1.82, 2.24) is 10.2 Å². The Morgan fingerprint density at radius 1 is 1.56 bits per heavy atom. The van der Waals surface area contributed by atoms with E-state index in [1.807, 2.05) is 0 Å². The molecule has 0 aromatic heterocycles. The normalized spacial score (nSPS) is 8.33. The third kappa shape index (κ3) is 2.17. The van der Waals surface area contributed by atoms with E-state index in [1.54, 1.807) is 26.0 Å². The molecule has 0 heterocycles. The van der Waals surface area contributed by atoms with Gasteiger partial charge in [-0.2, -0.15) is 0 Å². The number of hydrogen-bond acceptors (Lipinski definition) is 2. The molecule has 0 bridgehead atoms. The van der Waals surface area contributed by atoms with Gasteiger partial charge in [-0.05, 0) is 0 Å². The molecule has 52 valence electrons. The van der Waals surface area contributed by atoms with Crippen LogP contribution in [-0.2, 0) is 4.79 Å². The Morgan fingerprint density at radius 2 is 2.00 bits per heavy atom. The van der Waals surface area contributed by atoms with E-state index in [0.717, 1.165) is 0 Å². The average Bonchev–Trinajstić information content (AvgIpc) is 1.84. The molecule has 3 nitrogen and oxygen atoms in total. The maximum atomic E-state index is 10.7. The number of nitrogens with one attached hydrogen (secondary N) is 1. The van der Waals surface area contributed by atoms with Crippen molar-refractivity contribution in [2.75, 3.05) is 21.1 Å². The van der Waals surface area contributed by atoms with Gasteiger partial charge in [0.2, 0.25) is 0 Å². The van der Waals surface area contributed by atoms with Crippen molar-refractivity contribution in [2.45, 2.75) is 0 Å². The lowest BCUT2D eigenvalue weighted by atomic mass is 10.4. The number of carbonyl (C=O) groups excluding carboxylic acids is 1. The molecule has 0 aromatic carbocycles. The fraction of sp³-hybridized carbons (Fsp3) is 0.500. The maximum absolute atomic E-state index is 10.7. The quantitative estimate of drug-likeness (QED) is 0.523. The molecule has 0 saturated carbocycles. The molecule has 3 heteroatoms. The summed E-state index contributed by atoms with van der Waals surface area (Å²) in [4.78, 5) is 12.4. The Kier molecular flexibility index (Phi) is 2.78. The molecule has 0 unspecified atom stereocenters. The fourth-order valence-electron chi connectivity index (χ4n) is 0.347. The molecule has 0 aliphatic rings. The van der Waals surface area contributed by atoms with Gasteiger partial charge in [0.25, 0.3) is 5.91 Å². The molecule has 0 fully saturated rings. The van der Waals surface area contributed by atoms with Crippen molar-refractivity contribution in [2.24, 2.45) is 0 Å². The largest absolute Gasteiger partial charge is 0.374 e. The highest BCUT2D eigenvalue weighted by atomic mass is 16.2. The summed E-state index contributed by atoms with van der Waals surface area (Å²) in [5, 5.41) is 2.47. The van der Waals surface area contributed by atoms with Crippen LogP contribution >= 0.6 is 0 Å². The second-order valence-electron chi connectivity index (χ2n) is 1.92. The van der Waals surface area contributed by atoms with Gasteiger partial charge in [-0.25, -0.2) is 0 Å². The van der Waals surface area contributed by atoms with Gasteiger partial charge in [-0.15, -0.1) is 0 Å². The zero-order chi connectivity index (χ0) is 7.44. The van der Waals surface area contributed by atoms with Crippen LogP contribution in [-0.4, -0.2) is 32.0 Å². The topological polar surface area (TPSA) is 32.3 Å². The summed E-state index contributed by atoms with van der Waals surface area (Å²) < 4.78 is 0. The van der Waals surface area contributed by atoms with Gasteiger partial charge >= 0.3 is 0 Å². The Hall–Kier alpha value is -0.990. The van der Waals surface area contributed by atoms with Crippen molar-refractivity contribution in [3.8, 4) is 0 Å². The zero-order valence-electron chi connectivity index (χ0n) is 6.06. The number of carbonyl (C=O) groups is 1. The van der Waals surface area contributed by atoms with Gasteiger partial charge in [0.1, 0.15) is 0 Å².